The number of nitrogens with one attached hydrogen (secondary N) is 2. The van der Waals surface area contributed by atoms with Crippen LogP contribution in [0.2, 0.25) is 0 Å². The Morgan fingerprint density at radius 1 is 1.07 bits per heavy atom. The zero-order valence-corrected chi connectivity index (χ0v) is 15.0. The number of nitrogens with zero attached hydrogens (tertiary/aromatic N) is 1. The van der Waals surface area contributed by atoms with Crippen molar-refractivity contribution in [3.05, 3.63) is 90.0 Å². The van der Waals surface area contributed by atoms with Crippen molar-refractivity contribution >= 4 is 22.6 Å². The van der Waals surface area contributed by atoms with Crippen LogP contribution >= 0.6 is 0 Å². The smallest absolute Gasteiger partial charge is 0.228 e. The van der Waals surface area contributed by atoms with Crippen molar-refractivity contribution in [3.63, 3.8) is 0 Å². The highest BCUT2D eigenvalue weighted by Gasteiger charge is 2.07. The van der Waals surface area contributed by atoms with E-state index in [1.807, 2.05) is 18.2 Å². The van der Waals surface area contributed by atoms with Crippen LogP contribution in [0.1, 0.15) is 11.1 Å². The monoisotopic (exact) mass is 375 g/mol. The number of rotatable bonds is 6. The Hall–Kier alpha value is -3.67. The molecule has 0 aliphatic carbocycles. The number of anilines is 1. The van der Waals surface area contributed by atoms with Gasteiger partial charge in [0.2, 0.25) is 5.91 Å². The van der Waals surface area contributed by atoms with E-state index in [9.17, 15) is 9.18 Å². The average molecular weight is 375 g/mol. The lowest BCUT2D eigenvalue weighted by Crippen LogP contribution is -2.14. The Morgan fingerprint density at radius 2 is 1.89 bits per heavy atom. The second-order valence-electron chi connectivity index (χ2n) is 6.38. The number of carbonyl (C=O) groups excluding carboxylic acids is 1. The number of fused-ring (bicyclic) bond motifs is 1. The Labute approximate surface area is 161 Å². The summed E-state index contributed by atoms with van der Waals surface area (Å²) in [6.07, 6.45) is 1.89. The maximum atomic E-state index is 13.6. The Balaban J connectivity index is 1.33. The van der Waals surface area contributed by atoms with Gasteiger partial charge in [-0.25, -0.2) is 9.37 Å². The van der Waals surface area contributed by atoms with Gasteiger partial charge in [0, 0.05) is 11.3 Å². The summed E-state index contributed by atoms with van der Waals surface area (Å²) in [5.74, 6) is 0.199. The molecule has 6 heteroatoms. The molecule has 3 aromatic carbocycles. The average Bonchev–Trinajstić information content (AvgIpc) is 3.16. The molecule has 0 radical (unpaired) electrons. The van der Waals surface area contributed by atoms with E-state index in [0.717, 1.165) is 16.6 Å². The first-order valence-electron chi connectivity index (χ1n) is 8.85. The zero-order valence-electron chi connectivity index (χ0n) is 15.0. The molecule has 5 nitrogen and oxygen atoms in total. The molecule has 0 unspecified atom stereocenters. The van der Waals surface area contributed by atoms with Gasteiger partial charge in [0.05, 0.1) is 23.8 Å². The molecule has 1 aromatic heterocycles. The molecule has 0 aliphatic rings. The number of benzene rings is 3. The fourth-order valence-corrected chi connectivity index (χ4v) is 2.89. The van der Waals surface area contributed by atoms with E-state index in [-0.39, 0.29) is 24.8 Å². The maximum Gasteiger partial charge on any atom is 0.228 e. The van der Waals surface area contributed by atoms with Crippen LogP contribution in [0.3, 0.4) is 0 Å². The first kappa shape index (κ1) is 17.7. The molecule has 4 rings (SSSR count). The van der Waals surface area contributed by atoms with Crippen molar-refractivity contribution < 1.29 is 13.9 Å². The van der Waals surface area contributed by atoms with E-state index >= 15 is 0 Å². The number of carbonyl (C=O) groups is 1. The molecule has 0 saturated carbocycles. The van der Waals surface area contributed by atoms with E-state index in [2.05, 4.69) is 15.3 Å². The Kier molecular flexibility index (Phi) is 5.01. The normalized spacial score (nSPS) is 10.8. The van der Waals surface area contributed by atoms with E-state index in [1.54, 1.807) is 48.8 Å². The molecule has 0 bridgehead atoms. The number of aromatic amines is 1. The largest absolute Gasteiger partial charge is 0.489 e. The molecular formula is C22H18FN3O2. The van der Waals surface area contributed by atoms with Gasteiger partial charge in [0.15, 0.2) is 0 Å². The lowest BCUT2D eigenvalue weighted by atomic mass is 10.1. The van der Waals surface area contributed by atoms with Gasteiger partial charge in [-0.3, -0.25) is 4.79 Å². The molecule has 0 atom stereocenters. The van der Waals surface area contributed by atoms with Crippen molar-refractivity contribution in [2.24, 2.45) is 0 Å². The van der Waals surface area contributed by atoms with Crippen LogP contribution < -0.4 is 10.1 Å². The Morgan fingerprint density at radius 3 is 2.71 bits per heavy atom. The minimum absolute atomic E-state index is 0.112. The molecule has 140 valence electrons. The topological polar surface area (TPSA) is 67.0 Å². The predicted octanol–water partition coefficient (Wildman–Crippen LogP) is 4.46. The highest BCUT2D eigenvalue weighted by Crippen LogP contribution is 2.19. The summed E-state index contributed by atoms with van der Waals surface area (Å²) in [6, 6.07) is 19.2. The van der Waals surface area contributed by atoms with Gasteiger partial charge in [-0.15, -0.1) is 0 Å². The van der Waals surface area contributed by atoms with E-state index in [1.165, 1.54) is 6.07 Å². The van der Waals surface area contributed by atoms with Gasteiger partial charge < -0.3 is 15.0 Å². The molecule has 1 amide bonds. The highest BCUT2D eigenvalue weighted by atomic mass is 19.1. The minimum Gasteiger partial charge on any atom is -0.489 e. The van der Waals surface area contributed by atoms with E-state index in [4.69, 9.17) is 4.74 Å². The van der Waals surface area contributed by atoms with Crippen LogP contribution in [-0.4, -0.2) is 15.9 Å². The summed E-state index contributed by atoms with van der Waals surface area (Å²) < 4.78 is 19.2. The van der Waals surface area contributed by atoms with Crippen molar-refractivity contribution in [2.45, 2.75) is 13.0 Å². The van der Waals surface area contributed by atoms with Gasteiger partial charge in [-0.05, 0) is 48.0 Å². The summed E-state index contributed by atoms with van der Waals surface area (Å²) >= 11 is 0. The summed E-state index contributed by atoms with van der Waals surface area (Å²) in [7, 11) is 0. The lowest BCUT2D eigenvalue weighted by molar-refractivity contribution is -0.115. The fraction of sp³-hybridized carbons (Fsp3) is 0.0909. The SMILES string of the molecule is O=C(Cc1ccc2nc[nH]c2c1)Nc1ccc(OCc2ccccc2F)cc1. The third-order valence-electron chi connectivity index (χ3n) is 4.34. The molecule has 2 N–H and O–H groups in total. The fourth-order valence-electron chi connectivity index (χ4n) is 2.89. The van der Waals surface area contributed by atoms with E-state index < -0.39 is 0 Å². The quantitative estimate of drug-likeness (QED) is 0.523. The third kappa shape index (κ3) is 4.17. The molecule has 0 aliphatic heterocycles. The third-order valence-corrected chi connectivity index (χ3v) is 4.34. The first-order valence-corrected chi connectivity index (χ1v) is 8.85. The Bertz CT molecular complexity index is 1110. The number of imidazole rings is 1. The van der Waals surface area contributed by atoms with Crippen LogP contribution in [0.15, 0.2) is 73.1 Å². The lowest BCUT2D eigenvalue weighted by Gasteiger charge is -2.09. The predicted molar refractivity (Wildman–Crippen MR) is 106 cm³/mol. The van der Waals surface area contributed by atoms with Gasteiger partial charge in [-0.1, -0.05) is 24.3 Å². The molecule has 0 fully saturated rings. The van der Waals surface area contributed by atoms with E-state index in [0.29, 0.717) is 17.0 Å². The van der Waals surface area contributed by atoms with Gasteiger partial charge in [-0.2, -0.15) is 0 Å². The van der Waals surface area contributed by atoms with Gasteiger partial charge in [0.25, 0.3) is 0 Å². The molecule has 4 aromatic rings. The summed E-state index contributed by atoms with van der Waals surface area (Å²) in [5.41, 5.74) is 3.84. The van der Waals surface area contributed by atoms with Crippen molar-refractivity contribution in [3.8, 4) is 5.75 Å². The molecule has 0 spiro atoms. The molecule has 1 heterocycles. The second-order valence-corrected chi connectivity index (χ2v) is 6.38. The maximum absolute atomic E-state index is 13.6. The summed E-state index contributed by atoms with van der Waals surface area (Å²) in [6.45, 7) is 0.147. The summed E-state index contributed by atoms with van der Waals surface area (Å²) in [5, 5.41) is 2.86. The van der Waals surface area contributed by atoms with Crippen molar-refractivity contribution in [1.82, 2.24) is 9.97 Å². The summed E-state index contributed by atoms with van der Waals surface area (Å²) in [4.78, 5) is 19.5. The highest BCUT2D eigenvalue weighted by molar-refractivity contribution is 5.92. The van der Waals surface area contributed by atoms with Crippen LogP contribution in [0, 0.1) is 5.82 Å². The van der Waals surface area contributed by atoms with Crippen LogP contribution in [0.5, 0.6) is 5.75 Å². The second kappa shape index (κ2) is 7.92. The van der Waals surface area contributed by atoms with Crippen molar-refractivity contribution in [1.29, 1.82) is 0 Å². The number of amides is 1. The zero-order chi connectivity index (χ0) is 19.3. The standard InChI is InChI=1S/C22H18FN3O2/c23-19-4-2-1-3-16(19)13-28-18-8-6-17(7-9-18)26-22(27)12-15-5-10-20-21(11-15)25-14-24-20/h1-11,14H,12-13H2,(H,24,25)(H,26,27). The number of ether oxygens (including phenoxy) is 1. The van der Waals surface area contributed by atoms with Crippen molar-refractivity contribution in [2.75, 3.05) is 5.32 Å². The number of hydrogen-bond acceptors (Lipinski definition) is 3. The van der Waals surface area contributed by atoms with Gasteiger partial charge in [0.1, 0.15) is 18.2 Å². The number of aromatic nitrogens is 2. The first-order chi connectivity index (χ1) is 13.7. The van der Waals surface area contributed by atoms with Crippen LogP contribution in [0.25, 0.3) is 11.0 Å². The van der Waals surface area contributed by atoms with Crippen LogP contribution in [-0.2, 0) is 17.8 Å². The number of halogens is 1. The molecule has 0 saturated heterocycles. The number of H-pyrrole nitrogens is 1. The minimum atomic E-state index is -0.292. The van der Waals surface area contributed by atoms with Crippen LogP contribution in [0.4, 0.5) is 10.1 Å². The molecule has 28 heavy (non-hydrogen) atoms. The number of hydrogen-bond donors (Lipinski definition) is 2. The van der Waals surface area contributed by atoms with Gasteiger partial charge >= 0.3 is 0 Å². The molecular weight excluding hydrogens is 357 g/mol.